The zero-order chi connectivity index (χ0) is 18.5. The highest BCUT2D eigenvalue weighted by atomic mass is 32.1. The summed E-state index contributed by atoms with van der Waals surface area (Å²) in [6.07, 6.45) is 3.66. The Balaban J connectivity index is 1.69. The monoisotopic (exact) mass is 374 g/mol. The lowest BCUT2D eigenvalue weighted by atomic mass is 10.2. The topological polar surface area (TPSA) is 84.4 Å². The first kappa shape index (κ1) is 18.5. The van der Waals surface area contributed by atoms with Crippen molar-refractivity contribution in [2.24, 2.45) is 0 Å². The Morgan fingerprint density at radius 1 is 1.42 bits per heavy atom. The minimum atomic E-state index is -0.211. The Hall–Kier alpha value is -2.32. The highest BCUT2D eigenvalue weighted by Crippen LogP contribution is 2.27. The van der Waals surface area contributed by atoms with Crippen molar-refractivity contribution < 1.29 is 14.3 Å². The number of pyridine rings is 1. The largest absolute Gasteiger partial charge is 0.376 e. The number of anilines is 1. The fraction of sp³-hybridized carbons (Fsp3) is 0.444. The van der Waals surface area contributed by atoms with Crippen molar-refractivity contribution >= 4 is 28.3 Å². The number of carbonyl (C=O) groups is 2. The predicted molar refractivity (Wildman–Crippen MR) is 99.3 cm³/mol. The van der Waals surface area contributed by atoms with Crippen molar-refractivity contribution in [3.63, 3.8) is 0 Å². The molecular weight excluding hydrogens is 352 g/mol. The van der Waals surface area contributed by atoms with Gasteiger partial charge >= 0.3 is 0 Å². The first-order chi connectivity index (χ1) is 12.5. The lowest BCUT2D eigenvalue weighted by Gasteiger charge is -2.21. The maximum atomic E-state index is 12.5. The van der Waals surface area contributed by atoms with Crippen molar-refractivity contribution in [3.05, 3.63) is 40.7 Å². The molecule has 3 heterocycles. The second-order valence-corrected chi connectivity index (χ2v) is 7.16. The van der Waals surface area contributed by atoms with Gasteiger partial charge in [-0.25, -0.2) is 4.98 Å². The Labute approximate surface area is 156 Å². The first-order valence-electron chi connectivity index (χ1n) is 8.60. The minimum Gasteiger partial charge on any atom is -0.376 e. The molecule has 26 heavy (non-hydrogen) atoms. The van der Waals surface area contributed by atoms with Gasteiger partial charge in [0.15, 0.2) is 5.13 Å². The third-order valence-corrected chi connectivity index (χ3v) is 5.35. The fourth-order valence-electron chi connectivity index (χ4n) is 2.80. The van der Waals surface area contributed by atoms with E-state index in [1.54, 1.807) is 18.0 Å². The van der Waals surface area contributed by atoms with Crippen LogP contribution in [0.4, 0.5) is 5.13 Å². The van der Waals surface area contributed by atoms with Gasteiger partial charge in [0.2, 0.25) is 5.91 Å². The second-order valence-electron chi connectivity index (χ2n) is 6.18. The summed E-state index contributed by atoms with van der Waals surface area (Å²) in [4.78, 5) is 35.3. The maximum Gasteiger partial charge on any atom is 0.263 e. The van der Waals surface area contributed by atoms with Gasteiger partial charge in [0.25, 0.3) is 5.91 Å². The molecule has 0 spiro atoms. The number of aromatic nitrogens is 2. The van der Waals surface area contributed by atoms with Gasteiger partial charge in [0.1, 0.15) is 4.88 Å². The van der Waals surface area contributed by atoms with E-state index in [-0.39, 0.29) is 17.9 Å². The summed E-state index contributed by atoms with van der Waals surface area (Å²) in [6, 6.07) is 5.56. The Morgan fingerprint density at radius 3 is 2.92 bits per heavy atom. The molecule has 0 aromatic carbocycles. The molecule has 1 N–H and O–H groups in total. The number of carbonyl (C=O) groups excluding carboxylic acids is 2. The molecule has 2 amide bonds. The average molecular weight is 374 g/mol. The van der Waals surface area contributed by atoms with Gasteiger partial charge in [0.05, 0.1) is 30.6 Å². The van der Waals surface area contributed by atoms with Crippen LogP contribution in [0.5, 0.6) is 0 Å². The number of nitrogens with one attached hydrogen (secondary N) is 1. The smallest absolute Gasteiger partial charge is 0.263 e. The molecule has 2 aromatic heterocycles. The number of aryl methyl sites for hydroxylation is 1. The number of rotatable bonds is 6. The molecule has 2 aromatic rings. The van der Waals surface area contributed by atoms with E-state index in [0.717, 1.165) is 25.1 Å². The van der Waals surface area contributed by atoms with E-state index >= 15 is 0 Å². The normalized spacial score (nSPS) is 16.5. The number of nitrogens with zero attached hydrogens (tertiary/aromatic N) is 3. The summed E-state index contributed by atoms with van der Waals surface area (Å²) in [5.74, 6) is -0.313. The van der Waals surface area contributed by atoms with Gasteiger partial charge in [-0.1, -0.05) is 17.4 Å². The summed E-state index contributed by atoms with van der Waals surface area (Å²) >= 11 is 1.23. The summed E-state index contributed by atoms with van der Waals surface area (Å²) in [5.41, 5.74) is 1.40. The number of amides is 2. The molecule has 3 rings (SSSR count). The maximum absolute atomic E-state index is 12.5. The van der Waals surface area contributed by atoms with Crippen LogP contribution in [0.2, 0.25) is 0 Å². The van der Waals surface area contributed by atoms with Gasteiger partial charge in [-0.05, 0) is 31.9 Å². The van der Waals surface area contributed by atoms with E-state index in [1.165, 1.54) is 18.3 Å². The average Bonchev–Trinajstić information content (AvgIpc) is 3.27. The van der Waals surface area contributed by atoms with Crippen LogP contribution in [0.1, 0.15) is 40.8 Å². The van der Waals surface area contributed by atoms with Crippen LogP contribution in [-0.2, 0) is 16.1 Å². The van der Waals surface area contributed by atoms with E-state index in [9.17, 15) is 9.59 Å². The third kappa shape index (κ3) is 4.44. The van der Waals surface area contributed by atoms with Crippen LogP contribution in [-0.4, -0.2) is 41.0 Å². The summed E-state index contributed by atoms with van der Waals surface area (Å²) < 4.78 is 5.62. The lowest BCUT2D eigenvalue weighted by molar-refractivity contribution is -0.116. The molecule has 0 saturated carbocycles. The molecule has 1 unspecified atom stereocenters. The molecule has 0 bridgehead atoms. The van der Waals surface area contributed by atoms with Gasteiger partial charge in [-0.3, -0.25) is 19.5 Å². The quantitative estimate of drug-likeness (QED) is 0.839. The molecule has 7 nitrogen and oxygen atoms in total. The molecule has 138 valence electrons. The molecule has 0 aliphatic carbocycles. The van der Waals surface area contributed by atoms with Crippen molar-refractivity contribution in [2.75, 3.05) is 18.1 Å². The predicted octanol–water partition coefficient (Wildman–Crippen LogP) is 2.31. The van der Waals surface area contributed by atoms with Crippen molar-refractivity contribution in [2.45, 2.75) is 39.3 Å². The molecule has 1 aliphatic rings. The van der Waals surface area contributed by atoms with Crippen LogP contribution >= 0.6 is 11.3 Å². The first-order valence-corrected chi connectivity index (χ1v) is 9.41. The zero-order valence-corrected chi connectivity index (χ0v) is 15.7. The van der Waals surface area contributed by atoms with E-state index < -0.39 is 0 Å². The van der Waals surface area contributed by atoms with E-state index in [0.29, 0.717) is 28.8 Å². The van der Waals surface area contributed by atoms with Crippen molar-refractivity contribution in [1.82, 2.24) is 15.3 Å². The Kier molecular flexibility index (Phi) is 5.95. The van der Waals surface area contributed by atoms with Gasteiger partial charge in [-0.15, -0.1) is 0 Å². The number of hydrogen-bond donors (Lipinski definition) is 1. The number of ether oxygens (including phenoxy) is 1. The van der Waals surface area contributed by atoms with E-state index in [4.69, 9.17) is 4.74 Å². The summed E-state index contributed by atoms with van der Waals surface area (Å²) in [6.45, 7) is 4.83. The minimum absolute atomic E-state index is 0.0320. The van der Waals surface area contributed by atoms with E-state index in [1.807, 2.05) is 18.2 Å². The summed E-state index contributed by atoms with van der Waals surface area (Å²) in [5, 5.41) is 3.39. The number of thiazole rings is 1. The van der Waals surface area contributed by atoms with Gasteiger partial charge in [-0.2, -0.15) is 0 Å². The molecule has 1 saturated heterocycles. The van der Waals surface area contributed by atoms with Crippen LogP contribution in [0, 0.1) is 6.92 Å². The Morgan fingerprint density at radius 2 is 2.27 bits per heavy atom. The van der Waals surface area contributed by atoms with Crippen LogP contribution < -0.4 is 10.2 Å². The zero-order valence-electron chi connectivity index (χ0n) is 14.9. The molecule has 1 fully saturated rings. The molecular formula is C18H22N4O3S. The standard InChI is InChI=1S/C18H22N4O3S/c1-12-16(17(24)20-10-14-6-3-4-8-19-14)26-18(21-12)22(13(2)23)11-15-7-5-9-25-15/h3-4,6,8,15H,5,7,9-11H2,1-2H3,(H,20,24). The Bertz CT molecular complexity index is 772. The van der Waals surface area contributed by atoms with Crippen LogP contribution in [0.3, 0.4) is 0 Å². The summed E-state index contributed by atoms with van der Waals surface area (Å²) in [7, 11) is 0. The lowest BCUT2D eigenvalue weighted by Crippen LogP contribution is -2.35. The van der Waals surface area contributed by atoms with Crippen LogP contribution in [0.15, 0.2) is 24.4 Å². The highest BCUT2D eigenvalue weighted by Gasteiger charge is 2.26. The number of hydrogen-bond acceptors (Lipinski definition) is 6. The fourth-order valence-corrected chi connectivity index (χ4v) is 3.83. The van der Waals surface area contributed by atoms with Gasteiger partial charge < -0.3 is 10.1 Å². The molecule has 1 aliphatic heterocycles. The SMILES string of the molecule is CC(=O)N(CC1CCCO1)c1nc(C)c(C(=O)NCc2ccccn2)s1. The van der Waals surface area contributed by atoms with Gasteiger partial charge in [0, 0.05) is 19.7 Å². The van der Waals surface area contributed by atoms with Crippen LogP contribution in [0.25, 0.3) is 0 Å². The highest BCUT2D eigenvalue weighted by molar-refractivity contribution is 7.17. The van der Waals surface area contributed by atoms with Crippen molar-refractivity contribution in [3.8, 4) is 0 Å². The molecule has 1 atom stereocenters. The molecule has 0 radical (unpaired) electrons. The molecule has 8 heteroatoms. The van der Waals surface area contributed by atoms with Crippen molar-refractivity contribution in [1.29, 1.82) is 0 Å². The second kappa shape index (κ2) is 8.37. The third-order valence-electron chi connectivity index (χ3n) is 4.17. The van der Waals surface area contributed by atoms with E-state index in [2.05, 4.69) is 15.3 Å².